The molecule has 4 aromatic heterocycles. The number of para-hydroxylation sites is 1. The van der Waals surface area contributed by atoms with Crippen molar-refractivity contribution in [2.24, 2.45) is 11.3 Å². The maximum absolute atomic E-state index is 14.3. The second-order valence-corrected chi connectivity index (χ2v) is 19.6. The summed E-state index contributed by atoms with van der Waals surface area (Å²) in [4.78, 5) is 40.9. The molecule has 10 rings (SSSR count). The van der Waals surface area contributed by atoms with Gasteiger partial charge in [-0.15, -0.1) is 21.5 Å². The van der Waals surface area contributed by atoms with Gasteiger partial charge in [-0.2, -0.15) is 0 Å². The quantitative estimate of drug-likeness (QED) is 0.0840. The van der Waals surface area contributed by atoms with Crippen molar-refractivity contribution in [2.75, 3.05) is 33.3 Å². The Morgan fingerprint density at radius 2 is 1.85 bits per heavy atom. The zero-order valence-electron chi connectivity index (χ0n) is 36.0. The van der Waals surface area contributed by atoms with E-state index in [1.807, 2.05) is 82.6 Å². The number of ether oxygens (including phenoxy) is 1. The van der Waals surface area contributed by atoms with Crippen LogP contribution in [0.1, 0.15) is 82.0 Å². The van der Waals surface area contributed by atoms with Crippen LogP contribution in [0.15, 0.2) is 76.8 Å². The van der Waals surface area contributed by atoms with Crippen LogP contribution in [0.2, 0.25) is 0 Å². The normalized spacial score (nSPS) is 22.5. The van der Waals surface area contributed by atoms with E-state index in [-0.39, 0.29) is 47.3 Å². The minimum absolute atomic E-state index is 0.0497. The van der Waals surface area contributed by atoms with Gasteiger partial charge in [0.1, 0.15) is 24.3 Å². The van der Waals surface area contributed by atoms with Gasteiger partial charge < -0.3 is 39.6 Å². The fourth-order valence-corrected chi connectivity index (χ4v) is 11.0. The Morgan fingerprint density at radius 1 is 1.10 bits per heavy atom. The molecule has 324 valence electrons. The summed E-state index contributed by atoms with van der Waals surface area (Å²) in [6, 6.07) is 20.2. The van der Waals surface area contributed by atoms with E-state index >= 15 is 0 Å². The van der Waals surface area contributed by atoms with Crippen molar-refractivity contribution in [1.29, 1.82) is 0 Å². The third-order valence-electron chi connectivity index (χ3n) is 13.3. The number of nitrogens with zero attached hydrogens (tertiary/aromatic N) is 6. The number of phenols is 1. The smallest absolute Gasteiger partial charge is 0.254 e. The number of amides is 2. The first-order valence-electron chi connectivity index (χ1n) is 21.4. The van der Waals surface area contributed by atoms with Crippen LogP contribution in [-0.2, 0) is 20.5 Å². The first kappa shape index (κ1) is 41.7. The van der Waals surface area contributed by atoms with Gasteiger partial charge in [-0.3, -0.25) is 9.59 Å². The fourth-order valence-electron chi connectivity index (χ4n) is 10.2. The van der Waals surface area contributed by atoms with E-state index in [9.17, 15) is 19.8 Å². The van der Waals surface area contributed by atoms with E-state index < -0.39 is 23.6 Å². The van der Waals surface area contributed by atoms with Crippen molar-refractivity contribution in [2.45, 2.75) is 89.3 Å². The zero-order valence-corrected chi connectivity index (χ0v) is 36.8. The largest absolute Gasteiger partial charge is 0.507 e. The molecular formula is C47H54N8O6S. The van der Waals surface area contributed by atoms with Gasteiger partial charge in [-0.05, 0) is 99.0 Å². The molecule has 3 saturated carbocycles. The van der Waals surface area contributed by atoms with Crippen LogP contribution in [0.25, 0.3) is 32.7 Å². The molecule has 2 amide bonds. The van der Waals surface area contributed by atoms with E-state index in [0.29, 0.717) is 36.0 Å². The van der Waals surface area contributed by atoms with E-state index in [4.69, 9.17) is 9.26 Å². The number of aromatic amines is 1. The molecule has 5 heterocycles. The molecule has 0 radical (unpaired) electrons. The average Bonchev–Trinajstić information content (AvgIpc) is 4.02. The lowest BCUT2D eigenvalue weighted by molar-refractivity contribution is -0.155. The van der Waals surface area contributed by atoms with Gasteiger partial charge in [-0.25, -0.2) is 4.98 Å². The molecule has 15 heteroatoms. The van der Waals surface area contributed by atoms with Gasteiger partial charge in [-0.1, -0.05) is 50.2 Å². The van der Waals surface area contributed by atoms with E-state index in [0.717, 1.165) is 58.5 Å². The predicted octanol–water partition coefficient (Wildman–Crippen LogP) is 6.94. The number of aromatic hydroxyl groups is 1. The summed E-state index contributed by atoms with van der Waals surface area (Å²) in [6.07, 6.45) is 2.62. The Kier molecular flexibility index (Phi) is 10.7. The lowest BCUT2D eigenvalue weighted by atomic mass is 9.34. The SMILES string of the molecule is Cc1ncsc1-c1ccc(C(C)(C)NC(=O)[C@@H]2C[C@@H](O)CN2C(=O)[C@@H](c2cc(OCCN(C)CC34CC(c5cc6cc(-c7ccccc7O)nnc6[nH]5)(C3)C4)no2)C(C)C)cc1. The topological polar surface area (TPSA) is 183 Å². The number of carbonyl (C=O) groups excluding carboxylic acids is 2. The Labute approximate surface area is 364 Å². The number of β-amino-alcohol motifs (C(OH)–C–C–N with tert-alkyl or cyclic N) is 1. The number of likely N-dealkylation sites (tertiary alicyclic amines) is 1. The number of thiazole rings is 1. The lowest BCUT2D eigenvalue weighted by Gasteiger charge is -2.71. The van der Waals surface area contributed by atoms with Gasteiger partial charge in [0.2, 0.25) is 11.8 Å². The molecule has 6 aromatic rings. The van der Waals surface area contributed by atoms with Gasteiger partial charge in [0.15, 0.2) is 11.4 Å². The van der Waals surface area contributed by atoms with Gasteiger partial charge in [0.25, 0.3) is 5.88 Å². The third kappa shape index (κ3) is 7.75. The number of nitrogens with one attached hydrogen (secondary N) is 2. The van der Waals surface area contributed by atoms with Gasteiger partial charge >= 0.3 is 0 Å². The molecule has 3 atom stereocenters. The number of phenolic OH excluding ortho intramolecular Hbond substituents is 1. The lowest BCUT2D eigenvalue weighted by Crippen LogP contribution is -2.68. The van der Waals surface area contributed by atoms with Crippen LogP contribution in [0.4, 0.5) is 0 Å². The van der Waals surface area contributed by atoms with Crippen LogP contribution < -0.4 is 10.1 Å². The molecule has 2 aromatic carbocycles. The second kappa shape index (κ2) is 15.9. The van der Waals surface area contributed by atoms with E-state index in [1.165, 1.54) is 10.6 Å². The number of H-pyrrole nitrogens is 1. The minimum Gasteiger partial charge on any atom is -0.507 e. The predicted molar refractivity (Wildman–Crippen MR) is 236 cm³/mol. The molecule has 0 unspecified atom stereocenters. The van der Waals surface area contributed by atoms with Gasteiger partial charge in [0, 0.05) is 54.2 Å². The third-order valence-corrected chi connectivity index (χ3v) is 14.2. The molecule has 4 aliphatic rings. The number of aryl methyl sites for hydroxylation is 1. The monoisotopic (exact) mass is 858 g/mol. The summed E-state index contributed by atoms with van der Waals surface area (Å²) in [6.45, 7) is 11.8. The number of fused-ring (bicyclic) bond motifs is 1. The van der Waals surface area contributed by atoms with Crippen LogP contribution in [0.5, 0.6) is 11.6 Å². The van der Waals surface area contributed by atoms with E-state index in [1.54, 1.807) is 29.5 Å². The Bertz CT molecular complexity index is 2600. The number of aromatic nitrogens is 5. The zero-order chi connectivity index (χ0) is 43.6. The average molecular weight is 859 g/mol. The maximum atomic E-state index is 14.3. The molecule has 14 nitrogen and oxygen atoms in total. The summed E-state index contributed by atoms with van der Waals surface area (Å²) < 4.78 is 11.8. The maximum Gasteiger partial charge on any atom is 0.254 e. The molecule has 4 N–H and O–H groups in total. The molecule has 1 saturated heterocycles. The summed E-state index contributed by atoms with van der Waals surface area (Å²) in [7, 11) is 2.11. The Hall–Kier alpha value is -5.64. The molecule has 1 aliphatic heterocycles. The number of likely N-dealkylation sites (N-methyl/N-ethyl adjacent to an activating group) is 1. The summed E-state index contributed by atoms with van der Waals surface area (Å²) >= 11 is 1.59. The molecule has 62 heavy (non-hydrogen) atoms. The summed E-state index contributed by atoms with van der Waals surface area (Å²) in [5.41, 5.74) is 7.73. The van der Waals surface area contributed by atoms with Crippen LogP contribution in [0, 0.1) is 18.3 Å². The highest BCUT2D eigenvalue weighted by Crippen LogP contribution is 2.73. The second-order valence-electron chi connectivity index (χ2n) is 18.8. The van der Waals surface area contributed by atoms with Crippen molar-refractivity contribution in [3.05, 3.63) is 95.0 Å². The van der Waals surface area contributed by atoms with Crippen molar-refractivity contribution in [1.82, 2.24) is 40.4 Å². The first-order valence-corrected chi connectivity index (χ1v) is 22.3. The number of aliphatic hydroxyl groups is 1. The van der Waals surface area contributed by atoms with Crippen molar-refractivity contribution < 1.29 is 29.1 Å². The number of rotatable bonds is 15. The molecule has 4 fully saturated rings. The Morgan fingerprint density at radius 3 is 2.56 bits per heavy atom. The minimum atomic E-state index is -0.844. The Balaban J connectivity index is 0.771. The number of benzene rings is 2. The van der Waals surface area contributed by atoms with Gasteiger partial charge in [0.05, 0.1) is 33.4 Å². The van der Waals surface area contributed by atoms with Crippen LogP contribution in [0.3, 0.4) is 0 Å². The van der Waals surface area contributed by atoms with Crippen molar-refractivity contribution in [3.8, 4) is 33.3 Å². The van der Waals surface area contributed by atoms with Crippen LogP contribution >= 0.6 is 11.3 Å². The summed E-state index contributed by atoms with van der Waals surface area (Å²) in [5.74, 6) is -0.668. The van der Waals surface area contributed by atoms with E-state index in [2.05, 4.69) is 48.7 Å². The molecule has 2 bridgehead atoms. The van der Waals surface area contributed by atoms with Crippen molar-refractivity contribution >= 4 is 34.2 Å². The number of hydrogen-bond donors (Lipinski definition) is 4. The standard InChI is InChI=1S/C47H54N8O6S/c1-27(2)40(44(59)55-21-32(56)19-35(55)43(58)50-45(4,5)31-13-11-29(12-14-31)41-28(3)48-26-62-41)37-20-39(53-61-37)60-16-15-54(6)25-46-22-47(23-46,24-46)38-18-30-17-34(51-52-42(30)49-38)33-9-7-8-10-36(33)57/h7-14,17-18,20,26-27,32,35,40,56-57H,15-16,19,21-25H2,1-6H3,(H,49,52)(H,50,58)/t32-,35+,40-,46?,47?/m1/s1. The highest BCUT2D eigenvalue weighted by atomic mass is 32.1. The molecular weight excluding hydrogens is 805 g/mol. The highest BCUT2D eigenvalue weighted by molar-refractivity contribution is 7.13. The fraction of sp³-hybridized carbons (Fsp3) is 0.447. The summed E-state index contributed by atoms with van der Waals surface area (Å²) in [5, 5.41) is 38.1. The first-order chi connectivity index (χ1) is 29.6. The number of aliphatic hydroxyl groups excluding tert-OH is 1. The number of hydrogen-bond acceptors (Lipinski definition) is 12. The van der Waals surface area contributed by atoms with Crippen molar-refractivity contribution in [3.63, 3.8) is 0 Å². The highest BCUT2D eigenvalue weighted by Gasteiger charge is 2.68. The van der Waals surface area contributed by atoms with Crippen LogP contribution in [-0.4, -0.2) is 103 Å². The number of carbonyl (C=O) groups is 2. The molecule has 3 aliphatic carbocycles. The molecule has 0 spiro atoms.